The molecule has 3 saturated heterocycles. The summed E-state index contributed by atoms with van der Waals surface area (Å²) in [6, 6.07) is 0. The second-order valence-electron chi connectivity index (χ2n) is 10.1. The highest BCUT2D eigenvalue weighted by atomic mass is 16.7. The zero-order valence-electron chi connectivity index (χ0n) is 16.4. The topological polar surface area (TPSA) is 129 Å². The van der Waals surface area contributed by atoms with Crippen LogP contribution in [0.25, 0.3) is 0 Å². The van der Waals surface area contributed by atoms with Crippen molar-refractivity contribution in [2.24, 2.45) is 22.2 Å². The number of fused-ring (bicyclic) bond motifs is 1. The number of hydrogen-bond acceptors (Lipinski definition) is 9. The minimum Gasteiger partial charge on any atom is -0.459 e. The number of ether oxygens (including phenoxy) is 4. The molecule has 0 radical (unpaired) electrons. The van der Waals surface area contributed by atoms with Gasteiger partial charge in [-0.2, -0.15) is 0 Å². The molecule has 6 aliphatic rings. The van der Waals surface area contributed by atoms with Crippen molar-refractivity contribution < 1.29 is 43.5 Å². The van der Waals surface area contributed by atoms with Crippen molar-refractivity contribution in [3.8, 4) is 0 Å². The predicted octanol–water partition coefficient (Wildman–Crippen LogP) is -0.420. The molecule has 4 aliphatic heterocycles. The van der Waals surface area contributed by atoms with E-state index in [4.69, 9.17) is 18.9 Å². The molecule has 9 unspecified atom stereocenters. The summed E-state index contributed by atoms with van der Waals surface area (Å²) in [4.78, 5) is 38.0. The lowest BCUT2D eigenvalue weighted by Crippen LogP contribution is -2.62. The highest BCUT2D eigenvalue weighted by Crippen LogP contribution is 2.83. The standard InChI is InChI=1S/C20H22O9/c1-6-9-10(27-13(6)23)11(21)19-8-5-7(17(2,3)4)18(19)12(22)14(24)28-16(18)29-20(9,19)15(25)26-8/h7-8,10-12,16,21-22H,5H2,1-4H3. The van der Waals surface area contributed by atoms with Crippen molar-refractivity contribution in [2.75, 3.05) is 0 Å². The molecule has 9 atom stereocenters. The molecule has 5 fully saturated rings. The SMILES string of the molecule is CC1=C2C(OC1=O)C(O)C13C4CC(C(C)(C)C)C15C(OC(=O)C5O)OC23C(=O)O4. The smallest absolute Gasteiger partial charge is 0.344 e. The second kappa shape index (κ2) is 4.53. The van der Waals surface area contributed by atoms with Crippen LogP contribution in [0.5, 0.6) is 0 Å². The third-order valence-corrected chi connectivity index (χ3v) is 8.35. The van der Waals surface area contributed by atoms with Gasteiger partial charge >= 0.3 is 17.9 Å². The Balaban J connectivity index is 1.73. The van der Waals surface area contributed by atoms with Gasteiger partial charge in [0.05, 0.1) is 10.8 Å². The minimum absolute atomic E-state index is 0.179. The van der Waals surface area contributed by atoms with Gasteiger partial charge in [0.15, 0.2) is 12.2 Å². The van der Waals surface area contributed by atoms with Gasteiger partial charge in [-0.3, -0.25) is 0 Å². The molecule has 0 aromatic carbocycles. The summed E-state index contributed by atoms with van der Waals surface area (Å²) in [6.07, 6.45) is -5.81. The van der Waals surface area contributed by atoms with Gasteiger partial charge in [0.2, 0.25) is 11.9 Å². The number of carbonyl (C=O) groups is 3. The highest BCUT2D eigenvalue weighted by molar-refractivity contribution is 6.00. The predicted molar refractivity (Wildman–Crippen MR) is 90.6 cm³/mol. The molecule has 2 spiro atoms. The summed E-state index contributed by atoms with van der Waals surface area (Å²) in [7, 11) is 0. The summed E-state index contributed by atoms with van der Waals surface area (Å²) in [5.74, 6) is -2.59. The summed E-state index contributed by atoms with van der Waals surface area (Å²) < 4.78 is 22.8. The van der Waals surface area contributed by atoms with Crippen LogP contribution in [-0.4, -0.2) is 64.4 Å². The highest BCUT2D eigenvalue weighted by Gasteiger charge is 2.99. The zero-order valence-corrected chi connectivity index (χ0v) is 16.4. The van der Waals surface area contributed by atoms with Crippen molar-refractivity contribution in [1.29, 1.82) is 0 Å². The van der Waals surface area contributed by atoms with Crippen LogP contribution in [0.15, 0.2) is 11.1 Å². The second-order valence-corrected chi connectivity index (χ2v) is 10.1. The molecular weight excluding hydrogens is 384 g/mol. The van der Waals surface area contributed by atoms with E-state index in [9.17, 15) is 24.6 Å². The monoisotopic (exact) mass is 406 g/mol. The van der Waals surface area contributed by atoms with Gasteiger partial charge in [-0.25, -0.2) is 14.4 Å². The van der Waals surface area contributed by atoms with E-state index in [1.165, 1.54) is 6.92 Å². The fraction of sp³-hybridized carbons (Fsp3) is 0.750. The Morgan fingerprint density at radius 1 is 1.07 bits per heavy atom. The molecule has 2 N–H and O–H groups in total. The molecule has 6 rings (SSSR count). The maximum atomic E-state index is 13.3. The number of aliphatic hydroxyl groups excluding tert-OH is 2. The molecule has 4 heterocycles. The fourth-order valence-corrected chi connectivity index (χ4v) is 7.64. The van der Waals surface area contributed by atoms with Crippen LogP contribution >= 0.6 is 0 Å². The number of rotatable bonds is 0. The number of aliphatic hydroxyl groups is 2. The van der Waals surface area contributed by atoms with Crippen molar-refractivity contribution in [1.82, 2.24) is 0 Å². The van der Waals surface area contributed by atoms with Crippen LogP contribution in [0.4, 0.5) is 0 Å². The summed E-state index contributed by atoms with van der Waals surface area (Å²) in [5.41, 5.74) is -4.76. The van der Waals surface area contributed by atoms with E-state index in [0.717, 1.165) is 0 Å². The number of carbonyl (C=O) groups excluding carboxylic acids is 3. The van der Waals surface area contributed by atoms with E-state index in [-0.39, 0.29) is 17.1 Å². The Morgan fingerprint density at radius 2 is 1.76 bits per heavy atom. The van der Waals surface area contributed by atoms with E-state index < -0.39 is 70.5 Å². The first-order valence-corrected chi connectivity index (χ1v) is 9.85. The molecular formula is C20H22O9. The van der Waals surface area contributed by atoms with Crippen molar-refractivity contribution in [3.05, 3.63) is 11.1 Å². The Labute approximate surface area is 165 Å². The van der Waals surface area contributed by atoms with E-state index >= 15 is 0 Å². The molecule has 9 nitrogen and oxygen atoms in total. The Morgan fingerprint density at radius 3 is 2.41 bits per heavy atom. The first kappa shape index (κ1) is 17.9. The van der Waals surface area contributed by atoms with Crippen molar-refractivity contribution in [3.63, 3.8) is 0 Å². The molecule has 156 valence electrons. The van der Waals surface area contributed by atoms with E-state index in [1.54, 1.807) is 0 Å². The molecule has 9 heteroatoms. The van der Waals surface area contributed by atoms with E-state index in [1.807, 2.05) is 20.8 Å². The lowest BCUT2D eigenvalue weighted by Gasteiger charge is -2.47. The maximum absolute atomic E-state index is 13.3. The van der Waals surface area contributed by atoms with Gasteiger partial charge in [-0.05, 0) is 24.7 Å². The van der Waals surface area contributed by atoms with Gasteiger partial charge in [0, 0.05) is 11.1 Å². The lowest BCUT2D eigenvalue weighted by atomic mass is 9.51. The van der Waals surface area contributed by atoms with Gasteiger partial charge in [-0.1, -0.05) is 20.8 Å². The lowest BCUT2D eigenvalue weighted by molar-refractivity contribution is -0.193. The molecule has 0 amide bonds. The van der Waals surface area contributed by atoms with Gasteiger partial charge in [0.1, 0.15) is 12.2 Å². The summed E-state index contributed by atoms with van der Waals surface area (Å²) in [6.45, 7) is 7.41. The van der Waals surface area contributed by atoms with Crippen LogP contribution in [0, 0.1) is 22.2 Å². The molecule has 0 bridgehead atoms. The van der Waals surface area contributed by atoms with E-state index in [2.05, 4.69) is 0 Å². The fourth-order valence-electron chi connectivity index (χ4n) is 7.64. The Bertz CT molecular complexity index is 946. The number of esters is 3. The Kier molecular flexibility index (Phi) is 2.79. The third-order valence-electron chi connectivity index (χ3n) is 8.35. The van der Waals surface area contributed by atoms with Crippen LogP contribution in [0.1, 0.15) is 34.1 Å². The summed E-state index contributed by atoms with van der Waals surface area (Å²) >= 11 is 0. The van der Waals surface area contributed by atoms with Gasteiger partial charge < -0.3 is 29.2 Å². The van der Waals surface area contributed by atoms with Gasteiger partial charge in [0.25, 0.3) is 0 Å². The molecule has 29 heavy (non-hydrogen) atoms. The minimum atomic E-state index is -1.83. The van der Waals surface area contributed by atoms with Crippen LogP contribution < -0.4 is 0 Å². The molecule has 0 aromatic rings. The molecule has 2 aliphatic carbocycles. The van der Waals surface area contributed by atoms with Crippen LogP contribution in [0.3, 0.4) is 0 Å². The van der Waals surface area contributed by atoms with Crippen LogP contribution in [-0.2, 0) is 33.3 Å². The summed E-state index contributed by atoms with van der Waals surface area (Å²) in [5, 5.41) is 22.8. The number of hydrogen-bond donors (Lipinski definition) is 2. The molecule has 2 saturated carbocycles. The average molecular weight is 406 g/mol. The quantitative estimate of drug-likeness (QED) is 0.407. The van der Waals surface area contributed by atoms with Crippen molar-refractivity contribution in [2.45, 2.75) is 70.4 Å². The normalized spacial score (nSPS) is 54.2. The zero-order chi connectivity index (χ0) is 20.9. The maximum Gasteiger partial charge on any atom is 0.344 e. The van der Waals surface area contributed by atoms with Crippen molar-refractivity contribution >= 4 is 17.9 Å². The van der Waals surface area contributed by atoms with E-state index in [0.29, 0.717) is 6.42 Å². The largest absolute Gasteiger partial charge is 0.459 e. The average Bonchev–Trinajstić information content (AvgIpc) is 3.34. The van der Waals surface area contributed by atoms with Gasteiger partial charge in [-0.15, -0.1) is 0 Å². The first-order chi connectivity index (χ1) is 13.5. The van der Waals surface area contributed by atoms with Crippen LogP contribution in [0.2, 0.25) is 0 Å². The molecule has 0 aromatic heterocycles. The Hall–Kier alpha value is -1.97. The first-order valence-electron chi connectivity index (χ1n) is 9.85. The third kappa shape index (κ3) is 1.36.